The largest absolute Gasteiger partial charge is 0.483 e. The Morgan fingerprint density at radius 3 is 2.92 bits per heavy atom. The molecule has 67 valence electrons. The molecule has 1 heteroatoms. The van der Waals surface area contributed by atoms with Crippen LogP contribution in [0.15, 0.2) is 24.3 Å². The number of ether oxygens (including phenoxy) is 1. The smallest absolute Gasteiger partial charge is 0.128 e. The molecule has 0 saturated heterocycles. The number of allylic oxidation sites excluding steroid dienone is 1. The van der Waals surface area contributed by atoms with Crippen LogP contribution in [0.3, 0.4) is 0 Å². The zero-order chi connectivity index (χ0) is 9.47. The van der Waals surface area contributed by atoms with Crippen LogP contribution in [0.2, 0.25) is 0 Å². The van der Waals surface area contributed by atoms with Gasteiger partial charge in [0, 0.05) is 5.56 Å². The summed E-state index contributed by atoms with van der Waals surface area (Å²) in [5, 5.41) is 0. The summed E-state index contributed by atoms with van der Waals surface area (Å²) in [5.41, 5.74) is 2.27. The summed E-state index contributed by atoms with van der Waals surface area (Å²) in [6.45, 7) is 6.24. The third kappa shape index (κ3) is 1.46. The van der Waals surface area contributed by atoms with Gasteiger partial charge in [-0.15, -0.1) is 0 Å². The van der Waals surface area contributed by atoms with Gasteiger partial charge in [0.05, 0.1) is 0 Å². The Bertz CT molecular complexity index is 361. The van der Waals surface area contributed by atoms with Gasteiger partial charge in [-0.1, -0.05) is 12.1 Å². The molecule has 1 radical (unpaired) electrons. The van der Waals surface area contributed by atoms with Crippen molar-refractivity contribution in [2.75, 3.05) is 0 Å². The minimum absolute atomic E-state index is 0.188. The van der Waals surface area contributed by atoms with Crippen molar-refractivity contribution >= 4 is 5.57 Å². The van der Waals surface area contributed by atoms with E-state index >= 15 is 0 Å². The average Bonchev–Trinajstić information content (AvgIpc) is 2.02. The van der Waals surface area contributed by atoms with E-state index in [9.17, 15) is 0 Å². The summed E-state index contributed by atoms with van der Waals surface area (Å²) in [7, 11) is 0. The van der Waals surface area contributed by atoms with E-state index < -0.39 is 0 Å². The lowest BCUT2D eigenvalue weighted by Crippen LogP contribution is -2.28. The van der Waals surface area contributed by atoms with Crippen LogP contribution in [-0.4, -0.2) is 5.60 Å². The number of benzene rings is 1. The first-order valence-corrected chi connectivity index (χ1v) is 4.47. The second-order valence-corrected chi connectivity index (χ2v) is 3.96. The van der Waals surface area contributed by atoms with Gasteiger partial charge in [-0.25, -0.2) is 0 Å². The molecule has 0 atom stereocenters. The molecule has 1 heterocycles. The Hall–Kier alpha value is -1.24. The summed E-state index contributed by atoms with van der Waals surface area (Å²) in [6.07, 6.45) is 2.15. The van der Waals surface area contributed by atoms with Gasteiger partial charge in [-0.05, 0) is 44.6 Å². The van der Waals surface area contributed by atoms with Crippen molar-refractivity contribution in [3.63, 3.8) is 0 Å². The molecule has 0 amide bonds. The average molecular weight is 173 g/mol. The predicted molar refractivity (Wildman–Crippen MR) is 53.6 cm³/mol. The molecule has 1 nitrogen and oxygen atoms in total. The van der Waals surface area contributed by atoms with Crippen LogP contribution in [0.4, 0.5) is 0 Å². The highest BCUT2D eigenvalue weighted by Crippen LogP contribution is 2.34. The molecule has 0 fully saturated rings. The molecule has 1 aromatic carbocycles. The van der Waals surface area contributed by atoms with Gasteiger partial charge in [0.1, 0.15) is 11.4 Å². The van der Waals surface area contributed by atoms with Crippen LogP contribution in [-0.2, 0) is 0 Å². The minimum Gasteiger partial charge on any atom is -0.483 e. The van der Waals surface area contributed by atoms with Crippen LogP contribution in [0.1, 0.15) is 26.3 Å². The van der Waals surface area contributed by atoms with Gasteiger partial charge in [0.15, 0.2) is 0 Å². The summed E-state index contributed by atoms with van der Waals surface area (Å²) in [4.78, 5) is 0. The van der Waals surface area contributed by atoms with Crippen LogP contribution < -0.4 is 4.74 Å². The Labute approximate surface area is 79.0 Å². The van der Waals surface area contributed by atoms with Crippen LogP contribution in [0.5, 0.6) is 5.75 Å². The second kappa shape index (κ2) is 2.63. The van der Waals surface area contributed by atoms with E-state index in [1.165, 1.54) is 11.1 Å². The van der Waals surface area contributed by atoms with Crippen molar-refractivity contribution in [1.29, 1.82) is 0 Å². The molecule has 0 aromatic heterocycles. The van der Waals surface area contributed by atoms with Crippen molar-refractivity contribution in [3.8, 4) is 5.75 Å². The van der Waals surface area contributed by atoms with E-state index in [1.807, 2.05) is 18.2 Å². The number of fused-ring (bicyclic) bond motifs is 1. The third-order valence-electron chi connectivity index (χ3n) is 2.19. The topological polar surface area (TPSA) is 9.23 Å². The van der Waals surface area contributed by atoms with Gasteiger partial charge in [0.2, 0.25) is 0 Å². The summed E-state index contributed by atoms with van der Waals surface area (Å²) in [5.74, 6) is 0.938. The molecule has 0 bridgehead atoms. The minimum atomic E-state index is -0.188. The summed E-state index contributed by atoms with van der Waals surface area (Å²) >= 11 is 0. The maximum Gasteiger partial charge on any atom is 0.128 e. The fourth-order valence-corrected chi connectivity index (χ4v) is 1.74. The van der Waals surface area contributed by atoms with E-state index in [0.717, 1.165) is 5.75 Å². The van der Waals surface area contributed by atoms with Gasteiger partial charge >= 0.3 is 0 Å². The Kier molecular flexibility index (Phi) is 1.69. The normalized spacial score (nSPS) is 18.5. The highest BCUT2D eigenvalue weighted by Gasteiger charge is 2.23. The first-order valence-electron chi connectivity index (χ1n) is 4.47. The van der Waals surface area contributed by atoms with E-state index in [-0.39, 0.29) is 5.60 Å². The number of hydrogen-bond acceptors (Lipinski definition) is 1. The van der Waals surface area contributed by atoms with E-state index in [2.05, 4.69) is 32.9 Å². The molecule has 0 spiro atoms. The lowest BCUT2D eigenvalue weighted by molar-refractivity contribution is 0.158. The van der Waals surface area contributed by atoms with E-state index in [4.69, 9.17) is 4.74 Å². The third-order valence-corrected chi connectivity index (χ3v) is 2.19. The lowest BCUT2D eigenvalue weighted by atomic mass is 9.96. The molecule has 1 aliphatic heterocycles. The molecule has 0 aliphatic carbocycles. The molecule has 0 N–H and O–H groups in total. The van der Waals surface area contributed by atoms with Crippen molar-refractivity contribution in [3.05, 3.63) is 35.9 Å². The van der Waals surface area contributed by atoms with Crippen molar-refractivity contribution in [2.24, 2.45) is 0 Å². The second-order valence-electron chi connectivity index (χ2n) is 3.96. The van der Waals surface area contributed by atoms with E-state index in [1.54, 1.807) is 0 Å². The maximum atomic E-state index is 5.78. The fourth-order valence-electron chi connectivity index (χ4n) is 1.74. The highest BCUT2D eigenvalue weighted by molar-refractivity contribution is 5.71. The first kappa shape index (κ1) is 8.36. The van der Waals surface area contributed by atoms with E-state index in [0.29, 0.717) is 0 Å². The number of rotatable bonds is 0. The van der Waals surface area contributed by atoms with Crippen LogP contribution >= 0.6 is 0 Å². The van der Waals surface area contributed by atoms with Gasteiger partial charge in [0.25, 0.3) is 0 Å². The molecule has 1 aromatic rings. The fraction of sp³-hybridized carbons (Fsp3) is 0.333. The number of hydrogen-bond donors (Lipinski definition) is 0. The Morgan fingerprint density at radius 1 is 1.38 bits per heavy atom. The van der Waals surface area contributed by atoms with Gasteiger partial charge in [-0.2, -0.15) is 0 Å². The molecule has 1 aliphatic rings. The maximum absolute atomic E-state index is 5.78. The molecular weight excluding hydrogens is 160 g/mol. The van der Waals surface area contributed by atoms with Crippen LogP contribution in [0, 0.1) is 6.07 Å². The quantitative estimate of drug-likeness (QED) is 0.586. The highest BCUT2D eigenvalue weighted by atomic mass is 16.5. The molecule has 13 heavy (non-hydrogen) atoms. The Balaban J connectivity index is 2.55. The zero-order valence-corrected chi connectivity index (χ0v) is 8.22. The lowest BCUT2D eigenvalue weighted by Gasteiger charge is -2.29. The molecular formula is C12H13O. The van der Waals surface area contributed by atoms with Crippen molar-refractivity contribution < 1.29 is 4.74 Å². The molecule has 0 saturated carbocycles. The predicted octanol–water partition coefficient (Wildman–Crippen LogP) is 3.06. The monoisotopic (exact) mass is 173 g/mol. The molecule has 0 unspecified atom stereocenters. The summed E-state index contributed by atoms with van der Waals surface area (Å²) in [6, 6.07) is 8.88. The standard InChI is InChI=1S/C12H13O/c1-9-8-12(2,3)13-11-7-5-4-6-10(9)11/h4,6-8H,1-3H3. The van der Waals surface area contributed by atoms with Crippen LogP contribution in [0.25, 0.3) is 5.57 Å². The zero-order valence-electron chi connectivity index (χ0n) is 8.22. The van der Waals surface area contributed by atoms with Gasteiger partial charge < -0.3 is 4.74 Å². The van der Waals surface area contributed by atoms with Gasteiger partial charge in [-0.3, -0.25) is 0 Å². The first-order chi connectivity index (χ1) is 6.08. The molecule has 2 rings (SSSR count). The summed E-state index contributed by atoms with van der Waals surface area (Å²) < 4.78 is 5.78. The van der Waals surface area contributed by atoms with Crippen molar-refractivity contribution in [1.82, 2.24) is 0 Å². The SMILES string of the molecule is CC1=CC(C)(C)Oc2c[c]ccc21. The van der Waals surface area contributed by atoms with Crippen molar-refractivity contribution in [2.45, 2.75) is 26.4 Å². The Morgan fingerprint density at radius 2 is 2.15 bits per heavy atom.